The van der Waals surface area contributed by atoms with Crippen LogP contribution in [0.4, 0.5) is 5.95 Å². The zero-order valence-electron chi connectivity index (χ0n) is 11.6. The number of fused-ring (bicyclic) bond motifs is 1. The average Bonchev–Trinajstić information content (AvgIpc) is 2.84. The molecule has 0 atom stereocenters. The third-order valence-electron chi connectivity index (χ3n) is 3.20. The predicted octanol–water partition coefficient (Wildman–Crippen LogP) is 4.16. The Morgan fingerprint density at radius 2 is 2.10 bits per heavy atom. The number of aryl methyl sites for hydroxylation is 1. The second-order valence-electron chi connectivity index (χ2n) is 4.59. The van der Waals surface area contributed by atoms with E-state index in [-0.39, 0.29) is 0 Å². The van der Waals surface area contributed by atoms with Gasteiger partial charge >= 0.3 is 0 Å². The van der Waals surface area contributed by atoms with Gasteiger partial charge in [-0.25, -0.2) is 10.4 Å². The number of imidazole rings is 1. The Morgan fingerprint density at radius 3 is 2.90 bits per heavy atom. The zero-order chi connectivity index (χ0) is 14.7. The molecule has 0 fully saturated rings. The number of para-hydroxylation sites is 2. The van der Waals surface area contributed by atoms with Gasteiger partial charge in [-0.2, -0.15) is 5.10 Å². The van der Waals surface area contributed by atoms with E-state index in [2.05, 4.69) is 33.1 Å². The van der Waals surface area contributed by atoms with Crippen molar-refractivity contribution < 1.29 is 0 Å². The Labute approximate surface area is 128 Å². The number of benzene rings is 2. The molecule has 4 nitrogen and oxygen atoms in total. The molecule has 0 saturated carbocycles. The topological polar surface area (TPSA) is 42.2 Å². The number of rotatable bonds is 4. The van der Waals surface area contributed by atoms with Gasteiger partial charge < -0.3 is 4.57 Å². The van der Waals surface area contributed by atoms with Crippen molar-refractivity contribution in [2.75, 3.05) is 5.43 Å². The zero-order valence-corrected chi connectivity index (χ0v) is 12.4. The molecule has 2 aromatic carbocycles. The number of nitrogens with zero attached hydrogens (tertiary/aromatic N) is 3. The monoisotopic (exact) mass is 298 g/mol. The summed E-state index contributed by atoms with van der Waals surface area (Å²) in [5.74, 6) is 0.733. The Morgan fingerprint density at radius 1 is 1.24 bits per heavy atom. The number of halogens is 1. The Kier molecular flexibility index (Phi) is 3.88. The predicted molar refractivity (Wildman–Crippen MR) is 88.1 cm³/mol. The first-order valence-corrected chi connectivity index (χ1v) is 7.15. The third kappa shape index (κ3) is 2.90. The van der Waals surface area contributed by atoms with Gasteiger partial charge in [0.2, 0.25) is 5.95 Å². The maximum Gasteiger partial charge on any atom is 0.224 e. The number of nitrogens with one attached hydrogen (secondary N) is 1. The van der Waals surface area contributed by atoms with Crippen molar-refractivity contribution >= 4 is 34.8 Å². The van der Waals surface area contributed by atoms with Gasteiger partial charge in [-0.05, 0) is 36.8 Å². The van der Waals surface area contributed by atoms with E-state index in [0.29, 0.717) is 5.02 Å². The molecule has 21 heavy (non-hydrogen) atoms. The van der Waals surface area contributed by atoms with Crippen LogP contribution in [0.25, 0.3) is 11.0 Å². The van der Waals surface area contributed by atoms with Crippen LogP contribution in [0.3, 0.4) is 0 Å². The van der Waals surface area contributed by atoms with Gasteiger partial charge in [0.15, 0.2) is 0 Å². The fraction of sp³-hybridized carbons (Fsp3) is 0.125. The summed E-state index contributed by atoms with van der Waals surface area (Å²) >= 11 is 5.94. The molecule has 1 N–H and O–H groups in total. The number of hydrogen-bond donors (Lipinski definition) is 1. The molecule has 3 rings (SSSR count). The lowest BCUT2D eigenvalue weighted by Crippen LogP contribution is -2.01. The summed E-state index contributed by atoms with van der Waals surface area (Å²) in [6.45, 7) is 2.91. The minimum Gasteiger partial charge on any atom is -0.309 e. The van der Waals surface area contributed by atoms with Crippen LogP contribution in [-0.2, 0) is 6.54 Å². The Hall–Kier alpha value is -2.33. The molecule has 0 radical (unpaired) electrons. The Bertz CT molecular complexity index is 792. The fourth-order valence-corrected chi connectivity index (χ4v) is 2.43. The van der Waals surface area contributed by atoms with E-state index in [4.69, 9.17) is 11.6 Å². The fourth-order valence-electron chi connectivity index (χ4n) is 2.23. The molecule has 1 aromatic heterocycles. The summed E-state index contributed by atoms with van der Waals surface area (Å²) in [5, 5.41) is 4.93. The van der Waals surface area contributed by atoms with Crippen molar-refractivity contribution in [2.45, 2.75) is 13.5 Å². The van der Waals surface area contributed by atoms with Crippen LogP contribution in [-0.4, -0.2) is 15.8 Å². The van der Waals surface area contributed by atoms with Crippen LogP contribution in [0.15, 0.2) is 53.6 Å². The van der Waals surface area contributed by atoms with Crippen LogP contribution in [0.5, 0.6) is 0 Å². The average molecular weight is 299 g/mol. The molecule has 0 aliphatic carbocycles. The molecule has 0 unspecified atom stereocenters. The highest BCUT2D eigenvalue weighted by atomic mass is 35.5. The Balaban J connectivity index is 1.85. The molecular weight excluding hydrogens is 284 g/mol. The normalized spacial score (nSPS) is 11.3. The molecule has 0 saturated heterocycles. The highest BCUT2D eigenvalue weighted by Gasteiger charge is 2.07. The second-order valence-corrected chi connectivity index (χ2v) is 5.03. The first kappa shape index (κ1) is 13.6. The summed E-state index contributed by atoms with van der Waals surface area (Å²) in [4.78, 5) is 4.54. The standard InChI is InChI=1S/C16H15ClN4/c1-2-21-15-9-4-3-8-14(15)19-16(21)20-18-11-12-6-5-7-13(17)10-12/h3-11H,2H2,1H3,(H,19,20)/b18-11-. The van der Waals surface area contributed by atoms with Gasteiger partial charge in [0, 0.05) is 11.6 Å². The van der Waals surface area contributed by atoms with Crippen LogP contribution >= 0.6 is 11.6 Å². The minimum absolute atomic E-state index is 0.694. The number of anilines is 1. The van der Waals surface area contributed by atoms with Crippen molar-refractivity contribution in [2.24, 2.45) is 5.10 Å². The van der Waals surface area contributed by atoms with E-state index < -0.39 is 0 Å². The minimum atomic E-state index is 0.694. The third-order valence-corrected chi connectivity index (χ3v) is 3.43. The molecule has 0 bridgehead atoms. The lowest BCUT2D eigenvalue weighted by atomic mass is 10.2. The first-order valence-electron chi connectivity index (χ1n) is 6.78. The molecule has 5 heteroatoms. The molecular formula is C16H15ClN4. The van der Waals surface area contributed by atoms with Gasteiger partial charge in [0.1, 0.15) is 0 Å². The first-order chi connectivity index (χ1) is 10.3. The van der Waals surface area contributed by atoms with Crippen molar-refractivity contribution in [1.29, 1.82) is 0 Å². The lowest BCUT2D eigenvalue weighted by molar-refractivity contribution is 0.791. The summed E-state index contributed by atoms with van der Waals surface area (Å²) < 4.78 is 2.09. The molecule has 0 amide bonds. The maximum absolute atomic E-state index is 5.94. The molecule has 0 aliphatic rings. The lowest BCUT2D eigenvalue weighted by Gasteiger charge is -2.04. The summed E-state index contributed by atoms with van der Waals surface area (Å²) in [6, 6.07) is 15.6. The van der Waals surface area contributed by atoms with E-state index in [1.54, 1.807) is 6.21 Å². The summed E-state index contributed by atoms with van der Waals surface area (Å²) in [5.41, 5.74) is 5.99. The van der Waals surface area contributed by atoms with E-state index in [0.717, 1.165) is 29.1 Å². The van der Waals surface area contributed by atoms with Gasteiger partial charge in [-0.3, -0.25) is 0 Å². The maximum atomic E-state index is 5.94. The van der Waals surface area contributed by atoms with E-state index >= 15 is 0 Å². The highest BCUT2D eigenvalue weighted by Crippen LogP contribution is 2.19. The van der Waals surface area contributed by atoms with E-state index in [1.165, 1.54) is 0 Å². The number of hydrogen-bond acceptors (Lipinski definition) is 3. The number of hydrazone groups is 1. The van der Waals surface area contributed by atoms with Crippen molar-refractivity contribution in [3.8, 4) is 0 Å². The summed E-state index contributed by atoms with van der Waals surface area (Å²) in [6.07, 6.45) is 1.73. The molecule has 0 aliphatic heterocycles. The van der Waals surface area contributed by atoms with Gasteiger partial charge in [-0.1, -0.05) is 35.9 Å². The largest absolute Gasteiger partial charge is 0.309 e. The van der Waals surface area contributed by atoms with Crippen LogP contribution < -0.4 is 5.43 Å². The molecule has 3 aromatic rings. The second kappa shape index (κ2) is 5.97. The van der Waals surface area contributed by atoms with Crippen molar-refractivity contribution in [3.05, 3.63) is 59.1 Å². The van der Waals surface area contributed by atoms with Gasteiger partial charge in [0.05, 0.1) is 17.2 Å². The van der Waals surface area contributed by atoms with Crippen molar-refractivity contribution in [1.82, 2.24) is 9.55 Å². The molecule has 1 heterocycles. The van der Waals surface area contributed by atoms with Crippen LogP contribution in [0, 0.1) is 0 Å². The van der Waals surface area contributed by atoms with E-state index in [1.807, 2.05) is 42.5 Å². The van der Waals surface area contributed by atoms with E-state index in [9.17, 15) is 0 Å². The van der Waals surface area contributed by atoms with Crippen molar-refractivity contribution in [3.63, 3.8) is 0 Å². The SMILES string of the molecule is CCn1c(N/N=C\c2cccc(Cl)c2)nc2ccccc21. The highest BCUT2D eigenvalue weighted by molar-refractivity contribution is 6.30. The smallest absolute Gasteiger partial charge is 0.224 e. The van der Waals surface area contributed by atoms with Crippen LogP contribution in [0.1, 0.15) is 12.5 Å². The van der Waals surface area contributed by atoms with Gasteiger partial charge in [-0.15, -0.1) is 0 Å². The molecule has 106 valence electrons. The quantitative estimate of drug-likeness (QED) is 0.580. The number of aromatic nitrogens is 2. The van der Waals surface area contributed by atoms with Gasteiger partial charge in [0.25, 0.3) is 0 Å². The van der Waals surface area contributed by atoms with Crippen LogP contribution in [0.2, 0.25) is 5.02 Å². The molecule has 0 spiro atoms. The summed E-state index contributed by atoms with van der Waals surface area (Å²) in [7, 11) is 0.